The monoisotopic (exact) mass is 396 g/mol. The van der Waals surface area contributed by atoms with Crippen LogP contribution < -0.4 is 0 Å². The lowest BCUT2D eigenvalue weighted by Crippen LogP contribution is -2.46. The second kappa shape index (κ2) is 8.55. The molecule has 2 aromatic heterocycles. The zero-order valence-corrected chi connectivity index (χ0v) is 17.7. The third kappa shape index (κ3) is 4.35. The van der Waals surface area contributed by atoms with E-state index in [9.17, 15) is 0 Å². The zero-order valence-electron chi connectivity index (χ0n) is 16.8. The van der Waals surface area contributed by atoms with Gasteiger partial charge < -0.3 is 4.42 Å². The molecule has 0 amide bonds. The topological polar surface area (TPSA) is 45.4 Å². The molecule has 1 unspecified atom stereocenters. The van der Waals surface area contributed by atoms with Crippen molar-refractivity contribution >= 4 is 11.3 Å². The molecular formula is C22H28N4OS. The average molecular weight is 397 g/mol. The molecule has 1 aromatic carbocycles. The Hall–Kier alpha value is -2.02. The maximum Gasteiger partial charge on any atom is 0.257 e. The van der Waals surface area contributed by atoms with E-state index in [0.717, 1.165) is 37.6 Å². The van der Waals surface area contributed by atoms with Crippen LogP contribution in [0.4, 0.5) is 0 Å². The van der Waals surface area contributed by atoms with Crippen molar-refractivity contribution in [3.8, 4) is 10.8 Å². The van der Waals surface area contributed by atoms with Gasteiger partial charge in [0.1, 0.15) is 0 Å². The Bertz CT molecular complexity index is 864. The highest BCUT2D eigenvalue weighted by molar-refractivity contribution is 7.13. The van der Waals surface area contributed by atoms with Gasteiger partial charge in [0.05, 0.1) is 10.9 Å². The van der Waals surface area contributed by atoms with Crippen LogP contribution in [0.5, 0.6) is 0 Å². The fourth-order valence-corrected chi connectivity index (χ4v) is 4.28. The molecule has 1 aliphatic rings. The normalized spacial score (nSPS) is 17.3. The summed E-state index contributed by atoms with van der Waals surface area (Å²) >= 11 is 1.62. The van der Waals surface area contributed by atoms with E-state index in [1.54, 1.807) is 11.3 Å². The molecule has 0 N–H and O–H groups in total. The lowest BCUT2D eigenvalue weighted by atomic mass is 10.0. The van der Waals surface area contributed by atoms with Gasteiger partial charge in [0.2, 0.25) is 5.89 Å². The molecule has 3 heterocycles. The van der Waals surface area contributed by atoms with Crippen molar-refractivity contribution < 1.29 is 4.42 Å². The molecule has 28 heavy (non-hydrogen) atoms. The summed E-state index contributed by atoms with van der Waals surface area (Å²) < 4.78 is 5.93. The van der Waals surface area contributed by atoms with Gasteiger partial charge in [-0.1, -0.05) is 44.2 Å². The Labute approximate surface area is 171 Å². The van der Waals surface area contributed by atoms with Crippen LogP contribution in [0.1, 0.15) is 49.7 Å². The molecule has 1 atom stereocenters. The molecule has 5 nitrogen and oxygen atoms in total. The number of thiophene rings is 1. The summed E-state index contributed by atoms with van der Waals surface area (Å²) in [5.74, 6) is 1.92. The highest BCUT2D eigenvalue weighted by atomic mass is 32.1. The molecule has 0 radical (unpaired) electrons. The predicted octanol–water partition coefficient (Wildman–Crippen LogP) is 4.80. The van der Waals surface area contributed by atoms with Crippen LogP contribution >= 0.6 is 11.3 Å². The lowest BCUT2D eigenvalue weighted by Gasteiger charge is -2.36. The standard InChI is InChI=1S/C22H28N4OS/c1-16(2)19-8-6-18(7-9-19)15-25-10-12-26(13-11-25)17(3)21-23-24-22(27-21)20-5-4-14-28-20/h4-9,14,16-17H,10-13,15H2,1-3H3. The summed E-state index contributed by atoms with van der Waals surface area (Å²) in [4.78, 5) is 5.99. The van der Waals surface area contributed by atoms with Crippen LogP contribution in [0.2, 0.25) is 0 Å². The van der Waals surface area contributed by atoms with Gasteiger partial charge in [-0.3, -0.25) is 9.80 Å². The van der Waals surface area contributed by atoms with E-state index >= 15 is 0 Å². The van der Waals surface area contributed by atoms with Gasteiger partial charge in [0, 0.05) is 32.7 Å². The summed E-state index contributed by atoms with van der Waals surface area (Å²) in [5, 5.41) is 10.5. The van der Waals surface area contributed by atoms with E-state index in [4.69, 9.17) is 4.42 Å². The van der Waals surface area contributed by atoms with Crippen LogP contribution in [-0.2, 0) is 6.54 Å². The van der Waals surface area contributed by atoms with Gasteiger partial charge in [-0.2, -0.15) is 0 Å². The van der Waals surface area contributed by atoms with E-state index < -0.39 is 0 Å². The fraction of sp³-hybridized carbons (Fsp3) is 0.455. The van der Waals surface area contributed by atoms with Crippen LogP contribution in [0.25, 0.3) is 10.8 Å². The minimum atomic E-state index is 0.147. The first-order valence-corrected chi connectivity index (χ1v) is 10.9. The molecular weight excluding hydrogens is 368 g/mol. The number of rotatable bonds is 6. The second-order valence-electron chi connectivity index (χ2n) is 7.81. The average Bonchev–Trinajstić information content (AvgIpc) is 3.40. The fourth-order valence-electron chi connectivity index (χ4n) is 3.63. The summed E-state index contributed by atoms with van der Waals surface area (Å²) in [5.41, 5.74) is 2.80. The van der Waals surface area contributed by atoms with Crippen LogP contribution in [-0.4, -0.2) is 46.2 Å². The molecule has 4 rings (SSSR count). The van der Waals surface area contributed by atoms with Gasteiger partial charge in [-0.05, 0) is 35.4 Å². The number of benzene rings is 1. The summed E-state index contributed by atoms with van der Waals surface area (Å²) in [7, 11) is 0. The largest absolute Gasteiger partial charge is 0.418 e. The molecule has 0 bridgehead atoms. The van der Waals surface area contributed by atoms with Crippen LogP contribution in [0.3, 0.4) is 0 Å². The third-order valence-corrected chi connectivity index (χ3v) is 6.40. The second-order valence-corrected chi connectivity index (χ2v) is 8.75. The maximum atomic E-state index is 5.93. The first-order valence-electron chi connectivity index (χ1n) is 10.0. The van der Waals surface area contributed by atoms with E-state index in [2.05, 4.69) is 65.0 Å². The molecule has 3 aromatic rings. The summed E-state index contributed by atoms with van der Waals surface area (Å²) in [6.45, 7) is 11.8. The number of hydrogen-bond donors (Lipinski definition) is 0. The van der Waals surface area contributed by atoms with Crippen molar-refractivity contribution in [3.63, 3.8) is 0 Å². The molecule has 1 aliphatic heterocycles. The van der Waals surface area contributed by atoms with E-state index in [1.807, 2.05) is 17.5 Å². The lowest BCUT2D eigenvalue weighted by molar-refractivity contribution is 0.0876. The first kappa shape index (κ1) is 19.3. The number of aromatic nitrogens is 2. The maximum absolute atomic E-state index is 5.93. The summed E-state index contributed by atoms with van der Waals surface area (Å²) in [6.07, 6.45) is 0. The quantitative estimate of drug-likeness (QED) is 0.599. The zero-order chi connectivity index (χ0) is 19.5. The smallest absolute Gasteiger partial charge is 0.257 e. The van der Waals surface area contributed by atoms with Crippen molar-refractivity contribution in [1.29, 1.82) is 0 Å². The highest BCUT2D eigenvalue weighted by Crippen LogP contribution is 2.27. The highest BCUT2D eigenvalue weighted by Gasteiger charge is 2.26. The van der Waals surface area contributed by atoms with Crippen LogP contribution in [0.15, 0.2) is 46.2 Å². The van der Waals surface area contributed by atoms with Crippen molar-refractivity contribution in [3.05, 3.63) is 58.8 Å². The van der Waals surface area contributed by atoms with Gasteiger partial charge in [-0.25, -0.2) is 0 Å². The van der Waals surface area contributed by atoms with Crippen molar-refractivity contribution in [1.82, 2.24) is 20.0 Å². The third-order valence-electron chi connectivity index (χ3n) is 5.54. The molecule has 6 heteroatoms. The van der Waals surface area contributed by atoms with Gasteiger partial charge in [0.15, 0.2) is 0 Å². The molecule has 148 valence electrons. The number of piperazine rings is 1. The Morgan fingerprint density at radius 3 is 2.39 bits per heavy atom. The molecule has 0 aliphatic carbocycles. The van der Waals surface area contributed by atoms with Gasteiger partial charge in [-0.15, -0.1) is 21.5 Å². The Kier molecular flexibility index (Phi) is 5.90. The van der Waals surface area contributed by atoms with Crippen molar-refractivity contribution in [2.45, 2.75) is 39.3 Å². The van der Waals surface area contributed by atoms with E-state index in [0.29, 0.717) is 17.7 Å². The van der Waals surface area contributed by atoms with Crippen LogP contribution in [0, 0.1) is 0 Å². The summed E-state index contributed by atoms with van der Waals surface area (Å²) in [6, 6.07) is 13.2. The van der Waals surface area contributed by atoms with E-state index in [1.165, 1.54) is 11.1 Å². The molecule has 0 spiro atoms. The first-order chi connectivity index (χ1) is 13.6. The molecule has 1 saturated heterocycles. The number of hydrogen-bond acceptors (Lipinski definition) is 6. The Morgan fingerprint density at radius 2 is 1.75 bits per heavy atom. The Morgan fingerprint density at radius 1 is 1.00 bits per heavy atom. The van der Waals surface area contributed by atoms with E-state index in [-0.39, 0.29) is 6.04 Å². The predicted molar refractivity (Wildman–Crippen MR) is 113 cm³/mol. The number of nitrogens with zero attached hydrogens (tertiary/aromatic N) is 4. The van der Waals surface area contributed by atoms with Crippen molar-refractivity contribution in [2.75, 3.05) is 26.2 Å². The molecule has 1 fully saturated rings. The Balaban J connectivity index is 1.31. The van der Waals surface area contributed by atoms with Gasteiger partial charge in [0.25, 0.3) is 5.89 Å². The SMILES string of the molecule is CC(C)c1ccc(CN2CCN(C(C)c3nnc(-c4cccs4)o3)CC2)cc1. The van der Waals surface area contributed by atoms with Crippen molar-refractivity contribution in [2.24, 2.45) is 0 Å². The minimum Gasteiger partial charge on any atom is -0.418 e. The molecule has 0 saturated carbocycles. The van der Waals surface area contributed by atoms with Gasteiger partial charge >= 0.3 is 0 Å². The minimum absolute atomic E-state index is 0.147.